The highest BCUT2D eigenvalue weighted by Crippen LogP contribution is 2.18. The van der Waals surface area contributed by atoms with Gasteiger partial charge in [0, 0.05) is 24.6 Å². The van der Waals surface area contributed by atoms with Crippen LogP contribution >= 0.6 is 11.3 Å². The summed E-state index contributed by atoms with van der Waals surface area (Å²) in [5.41, 5.74) is 1.12. The van der Waals surface area contributed by atoms with E-state index in [0.717, 1.165) is 17.2 Å². The lowest BCUT2D eigenvalue weighted by Crippen LogP contribution is -2.21. The van der Waals surface area contributed by atoms with E-state index in [4.69, 9.17) is 4.74 Å². The number of rotatable bonds is 5. The molecule has 0 aliphatic heterocycles. The minimum absolute atomic E-state index is 0.516. The fourth-order valence-corrected chi connectivity index (χ4v) is 2.13. The standard InChI is InChI=1S/C10H18N2OS/c1-7(2)11-5-9-8(3)12-10(14-9)6-13-4/h7,11H,5-6H2,1-4H3. The van der Waals surface area contributed by atoms with Gasteiger partial charge in [-0.15, -0.1) is 11.3 Å². The van der Waals surface area contributed by atoms with Gasteiger partial charge in [0.25, 0.3) is 0 Å². The van der Waals surface area contributed by atoms with Crippen molar-refractivity contribution in [1.82, 2.24) is 10.3 Å². The van der Waals surface area contributed by atoms with Gasteiger partial charge in [0.1, 0.15) is 5.01 Å². The van der Waals surface area contributed by atoms with Crippen LogP contribution in [0.4, 0.5) is 0 Å². The summed E-state index contributed by atoms with van der Waals surface area (Å²) < 4.78 is 5.05. The lowest BCUT2D eigenvalue weighted by atomic mass is 10.3. The molecule has 0 spiro atoms. The predicted molar refractivity (Wildman–Crippen MR) is 59.5 cm³/mol. The average Bonchev–Trinajstić information content (AvgIpc) is 2.44. The van der Waals surface area contributed by atoms with E-state index in [2.05, 4.69) is 24.1 Å². The third kappa shape index (κ3) is 3.36. The number of methoxy groups -OCH3 is 1. The molecule has 0 aliphatic carbocycles. The number of thiazole rings is 1. The summed E-state index contributed by atoms with van der Waals surface area (Å²) in [6.45, 7) is 7.87. The first-order chi connectivity index (χ1) is 6.63. The third-order valence-corrected chi connectivity index (χ3v) is 3.01. The van der Waals surface area contributed by atoms with Crippen molar-refractivity contribution < 1.29 is 4.74 Å². The summed E-state index contributed by atoms with van der Waals surface area (Å²) in [5, 5.41) is 4.45. The first-order valence-electron chi connectivity index (χ1n) is 4.81. The lowest BCUT2D eigenvalue weighted by Gasteiger charge is -2.05. The molecule has 0 saturated carbocycles. The zero-order valence-electron chi connectivity index (χ0n) is 9.26. The summed E-state index contributed by atoms with van der Waals surface area (Å²) >= 11 is 1.73. The van der Waals surface area contributed by atoms with Crippen LogP contribution in [0.15, 0.2) is 0 Å². The number of ether oxygens (including phenoxy) is 1. The summed E-state index contributed by atoms with van der Waals surface area (Å²) in [6.07, 6.45) is 0. The van der Waals surface area contributed by atoms with Crippen molar-refractivity contribution in [2.24, 2.45) is 0 Å². The van der Waals surface area contributed by atoms with Crippen LogP contribution in [0.2, 0.25) is 0 Å². The molecule has 0 radical (unpaired) electrons. The zero-order chi connectivity index (χ0) is 10.6. The molecule has 1 N–H and O–H groups in total. The van der Waals surface area contributed by atoms with E-state index in [1.807, 2.05) is 6.92 Å². The van der Waals surface area contributed by atoms with Crippen molar-refractivity contribution in [3.63, 3.8) is 0 Å². The molecule has 0 aliphatic rings. The highest BCUT2D eigenvalue weighted by Gasteiger charge is 2.07. The molecule has 80 valence electrons. The Morgan fingerprint density at radius 1 is 1.50 bits per heavy atom. The van der Waals surface area contributed by atoms with E-state index in [-0.39, 0.29) is 0 Å². The van der Waals surface area contributed by atoms with Crippen molar-refractivity contribution in [2.75, 3.05) is 7.11 Å². The highest BCUT2D eigenvalue weighted by atomic mass is 32.1. The summed E-state index contributed by atoms with van der Waals surface area (Å²) in [6, 6.07) is 0.516. The third-order valence-electron chi connectivity index (χ3n) is 1.88. The summed E-state index contributed by atoms with van der Waals surface area (Å²) in [4.78, 5) is 5.74. The smallest absolute Gasteiger partial charge is 0.119 e. The van der Waals surface area contributed by atoms with Crippen LogP contribution in [0.1, 0.15) is 29.4 Å². The molecule has 0 amide bonds. The Morgan fingerprint density at radius 2 is 2.21 bits per heavy atom. The van der Waals surface area contributed by atoms with Gasteiger partial charge in [-0.3, -0.25) is 0 Å². The fourth-order valence-electron chi connectivity index (χ4n) is 1.13. The number of aromatic nitrogens is 1. The van der Waals surface area contributed by atoms with Crippen LogP contribution in [0.5, 0.6) is 0 Å². The van der Waals surface area contributed by atoms with Gasteiger partial charge in [0.05, 0.1) is 12.3 Å². The average molecular weight is 214 g/mol. The summed E-state index contributed by atoms with van der Waals surface area (Å²) in [5.74, 6) is 0. The molecule has 3 nitrogen and oxygen atoms in total. The maximum absolute atomic E-state index is 5.05. The topological polar surface area (TPSA) is 34.1 Å². The second kappa shape index (κ2) is 5.44. The van der Waals surface area contributed by atoms with Gasteiger partial charge in [-0.05, 0) is 6.92 Å². The lowest BCUT2D eigenvalue weighted by molar-refractivity contribution is 0.184. The van der Waals surface area contributed by atoms with Crippen molar-refractivity contribution in [3.05, 3.63) is 15.6 Å². The van der Waals surface area contributed by atoms with E-state index >= 15 is 0 Å². The molecule has 0 bridgehead atoms. The first kappa shape index (κ1) is 11.6. The molecule has 1 rings (SSSR count). The van der Waals surface area contributed by atoms with Crippen molar-refractivity contribution in [3.8, 4) is 0 Å². The number of nitrogens with zero attached hydrogens (tertiary/aromatic N) is 1. The Kier molecular flexibility index (Phi) is 4.51. The Labute approximate surface area is 89.5 Å². The van der Waals surface area contributed by atoms with Crippen molar-refractivity contribution in [1.29, 1.82) is 0 Å². The van der Waals surface area contributed by atoms with Crippen LogP contribution < -0.4 is 5.32 Å². The molecule has 0 saturated heterocycles. The van der Waals surface area contributed by atoms with Gasteiger partial charge in [0.2, 0.25) is 0 Å². The van der Waals surface area contributed by atoms with E-state index in [1.54, 1.807) is 18.4 Å². The minimum atomic E-state index is 0.516. The van der Waals surface area contributed by atoms with Gasteiger partial charge in [0.15, 0.2) is 0 Å². The molecular weight excluding hydrogens is 196 g/mol. The maximum Gasteiger partial charge on any atom is 0.119 e. The predicted octanol–water partition coefficient (Wildman–Crippen LogP) is 2.10. The molecule has 0 aromatic carbocycles. The Hall–Kier alpha value is -0.450. The van der Waals surface area contributed by atoms with Gasteiger partial charge >= 0.3 is 0 Å². The molecule has 4 heteroatoms. The van der Waals surface area contributed by atoms with Crippen LogP contribution in [-0.4, -0.2) is 18.1 Å². The quantitative estimate of drug-likeness (QED) is 0.815. The fraction of sp³-hybridized carbons (Fsp3) is 0.700. The van der Waals surface area contributed by atoms with Crippen molar-refractivity contribution in [2.45, 2.75) is 40.0 Å². The van der Waals surface area contributed by atoms with E-state index in [0.29, 0.717) is 12.6 Å². The SMILES string of the molecule is COCc1nc(C)c(CNC(C)C)s1. The Bertz CT molecular complexity index is 284. The summed E-state index contributed by atoms with van der Waals surface area (Å²) in [7, 11) is 1.70. The number of nitrogens with one attached hydrogen (secondary N) is 1. The maximum atomic E-state index is 5.05. The second-order valence-corrected chi connectivity index (χ2v) is 4.75. The first-order valence-corrected chi connectivity index (χ1v) is 5.62. The molecule has 1 aromatic rings. The Morgan fingerprint density at radius 3 is 2.79 bits per heavy atom. The molecule has 0 unspecified atom stereocenters. The molecule has 1 aromatic heterocycles. The normalized spacial score (nSPS) is 11.2. The van der Waals surface area contributed by atoms with Crippen LogP contribution in [0.3, 0.4) is 0 Å². The van der Waals surface area contributed by atoms with Crippen LogP contribution in [-0.2, 0) is 17.9 Å². The van der Waals surface area contributed by atoms with Crippen molar-refractivity contribution >= 4 is 11.3 Å². The van der Waals surface area contributed by atoms with Gasteiger partial charge in [-0.1, -0.05) is 13.8 Å². The van der Waals surface area contributed by atoms with Crippen LogP contribution in [0.25, 0.3) is 0 Å². The van der Waals surface area contributed by atoms with E-state index in [9.17, 15) is 0 Å². The molecular formula is C10H18N2OS. The van der Waals surface area contributed by atoms with Gasteiger partial charge in [-0.2, -0.15) is 0 Å². The largest absolute Gasteiger partial charge is 0.378 e. The minimum Gasteiger partial charge on any atom is -0.378 e. The molecule has 0 atom stereocenters. The number of hydrogen-bond acceptors (Lipinski definition) is 4. The second-order valence-electron chi connectivity index (χ2n) is 3.58. The highest BCUT2D eigenvalue weighted by molar-refractivity contribution is 7.11. The molecule has 14 heavy (non-hydrogen) atoms. The van der Waals surface area contributed by atoms with E-state index < -0.39 is 0 Å². The number of aryl methyl sites for hydroxylation is 1. The van der Waals surface area contributed by atoms with Gasteiger partial charge < -0.3 is 10.1 Å². The molecule has 1 heterocycles. The van der Waals surface area contributed by atoms with E-state index in [1.165, 1.54) is 4.88 Å². The zero-order valence-corrected chi connectivity index (χ0v) is 10.1. The van der Waals surface area contributed by atoms with Crippen LogP contribution in [0, 0.1) is 6.92 Å². The monoisotopic (exact) mass is 214 g/mol. The Balaban J connectivity index is 2.58. The van der Waals surface area contributed by atoms with Gasteiger partial charge in [-0.25, -0.2) is 4.98 Å². The molecule has 0 fully saturated rings. The number of hydrogen-bond donors (Lipinski definition) is 1.